The first-order valence-corrected chi connectivity index (χ1v) is 3.47. The molecule has 1 heterocycles. The van der Waals surface area contributed by atoms with Gasteiger partial charge < -0.3 is 25.2 Å². The van der Waals surface area contributed by atoms with Crippen LogP contribution in [0.3, 0.4) is 0 Å². The fourth-order valence-corrected chi connectivity index (χ4v) is 1.09. The van der Waals surface area contributed by atoms with Gasteiger partial charge in [-0.3, -0.25) is 0 Å². The third-order valence-corrected chi connectivity index (χ3v) is 1.75. The van der Waals surface area contributed by atoms with Gasteiger partial charge in [-0.05, 0) is 6.42 Å². The second-order valence-corrected chi connectivity index (χ2v) is 2.56. The normalized spacial score (nSPS) is 44.7. The maximum absolute atomic E-state index is 9.11. The summed E-state index contributed by atoms with van der Waals surface area (Å²) in [7, 11) is 0. The van der Waals surface area contributed by atoms with Gasteiger partial charge in [-0.25, -0.2) is 0 Å². The molecule has 0 amide bonds. The van der Waals surface area contributed by atoms with Gasteiger partial charge in [0.2, 0.25) is 0 Å². The number of aliphatic hydroxyl groups is 4. The van der Waals surface area contributed by atoms with Crippen molar-refractivity contribution in [3.63, 3.8) is 0 Å². The fraction of sp³-hybridized carbons (Fsp3) is 1.00. The molecule has 1 fully saturated rings. The van der Waals surface area contributed by atoms with Crippen LogP contribution in [0.15, 0.2) is 0 Å². The summed E-state index contributed by atoms with van der Waals surface area (Å²) in [6, 6.07) is 0. The number of hydrogen-bond donors (Lipinski definition) is 4. The number of aliphatic hydroxyl groups excluding tert-OH is 4. The Kier molecular flexibility index (Phi) is 2.80. The largest absolute Gasteiger partial charge is 0.396 e. The number of hydrogen-bond acceptors (Lipinski definition) is 5. The zero-order valence-electron chi connectivity index (χ0n) is 5.92. The van der Waals surface area contributed by atoms with Crippen LogP contribution in [-0.2, 0) is 4.74 Å². The van der Waals surface area contributed by atoms with E-state index < -0.39 is 24.6 Å². The molecule has 0 radical (unpaired) electrons. The summed E-state index contributed by atoms with van der Waals surface area (Å²) in [5.41, 5.74) is 0. The van der Waals surface area contributed by atoms with Crippen molar-refractivity contribution in [3.8, 4) is 0 Å². The molecule has 4 atom stereocenters. The van der Waals surface area contributed by atoms with Crippen molar-refractivity contribution in [1.29, 1.82) is 0 Å². The van der Waals surface area contributed by atoms with Crippen molar-refractivity contribution in [1.82, 2.24) is 0 Å². The van der Waals surface area contributed by atoms with Crippen molar-refractivity contribution < 1.29 is 25.2 Å². The first-order chi connectivity index (χ1) is 5.16. The van der Waals surface area contributed by atoms with Crippen LogP contribution in [0.25, 0.3) is 0 Å². The minimum Gasteiger partial charge on any atom is -0.396 e. The predicted octanol–water partition coefficient (Wildman–Crippen LogP) is -2.19. The average molecular weight is 164 g/mol. The van der Waals surface area contributed by atoms with Gasteiger partial charge in [0.25, 0.3) is 0 Å². The highest BCUT2D eigenvalue weighted by molar-refractivity contribution is 4.85. The van der Waals surface area contributed by atoms with Crippen molar-refractivity contribution >= 4 is 0 Å². The zero-order valence-corrected chi connectivity index (χ0v) is 5.92. The molecule has 5 heteroatoms. The summed E-state index contributed by atoms with van der Waals surface area (Å²) in [6.45, 7) is -0.138. The molecule has 4 N–H and O–H groups in total. The zero-order chi connectivity index (χ0) is 8.43. The van der Waals surface area contributed by atoms with Gasteiger partial charge in [0.05, 0.1) is 6.10 Å². The van der Waals surface area contributed by atoms with Crippen LogP contribution in [0.1, 0.15) is 6.42 Å². The van der Waals surface area contributed by atoms with Crippen LogP contribution in [0.4, 0.5) is 0 Å². The van der Waals surface area contributed by atoms with Crippen LogP contribution in [0, 0.1) is 0 Å². The predicted molar refractivity (Wildman–Crippen MR) is 34.6 cm³/mol. The number of rotatable bonds is 2. The molecule has 5 nitrogen and oxygen atoms in total. The van der Waals surface area contributed by atoms with E-state index in [-0.39, 0.29) is 13.0 Å². The van der Waals surface area contributed by atoms with Gasteiger partial charge in [-0.15, -0.1) is 0 Å². The lowest BCUT2D eigenvalue weighted by molar-refractivity contribution is -0.129. The topological polar surface area (TPSA) is 90.2 Å². The molecular weight excluding hydrogens is 152 g/mol. The summed E-state index contributed by atoms with van der Waals surface area (Å²) in [4.78, 5) is 0. The molecule has 0 aromatic rings. The molecule has 66 valence electrons. The van der Waals surface area contributed by atoms with E-state index >= 15 is 0 Å². The monoisotopic (exact) mass is 164 g/mol. The molecule has 0 saturated carbocycles. The third-order valence-electron chi connectivity index (χ3n) is 1.75. The Morgan fingerprint density at radius 3 is 2.09 bits per heavy atom. The Labute approximate surface area is 63.8 Å². The number of ether oxygens (including phenoxy) is 1. The van der Waals surface area contributed by atoms with Crippen molar-refractivity contribution in [3.05, 3.63) is 0 Å². The molecule has 11 heavy (non-hydrogen) atoms. The minimum absolute atomic E-state index is 0.138. The summed E-state index contributed by atoms with van der Waals surface area (Å²) in [5.74, 6) is 0. The second-order valence-electron chi connectivity index (χ2n) is 2.56. The summed E-state index contributed by atoms with van der Waals surface area (Å²) >= 11 is 0. The van der Waals surface area contributed by atoms with E-state index in [1.54, 1.807) is 0 Å². The first kappa shape index (κ1) is 8.89. The van der Waals surface area contributed by atoms with Crippen LogP contribution in [-0.4, -0.2) is 51.6 Å². The van der Waals surface area contributed by atoms with E-state index in [0.717, 1.165) is 0 Å². The molecule has 1 saturated heterocycles. The van der Waals surface area contributed by atoms with Crippen molar-refractivity contribution in [2.75, 3.05) is 6.61 Å². The Hall–Kier alpha value is -0.200. The highest BCUT2D eigenvalue weighted by Gasteiger charge is 2.40. The molecule has 0 spiro atoms. The Bertz CT molecular complexity index is 128. The van der Waals surface area contributed by atoms with Gasteiger partial charge in [-0.1, -0.05) is 0 Å². The van der Waals surface area contributed by atoms with Crippen molar-refractivity contribution in [2.45, 2.75) is 31.0 Å². The Balaban J connectivity index is 2.45. The highest BCUT2D eigenvalue weighted by atomic mass is 16.6. The van der Waals surface area contributed by atoms with E-state index in [4.69, 9.17) is 25.2 Å². The van der Waals surface area contributed by atoms with Crippen LogP contribution >= 0.6 is 0 Å². The molecule has 1 aliphatic heterocycles. The maximum Gasteiger partial charge on any atom is 0.183 e. The minimum atomic E-state index is -1.33. The van der Waals surface area contributed by atoms with E-state index in [2.05, 4.69) is 0 Å². The smallest absolute Gasteiger partial charge is 0.183 e. The van der Waals surface area contributed by atoms with Gasteiger partial charge in [-0.2, -0.15) is 0 Å². The second kappa shape index (κ2) is 3.46. The molecular formula is C6H12O5. The van der Waals surface area contributed by atoms with Gasteiger partial charge in [0, 0.05) is 6.61 Å². The van der Waals surface area contributed by atoms with E-state index in [0.29, 0.717) is 0 Å². The molecule has 1 rings (SSSR count). The summed E-state index contributed by atoms with van der Waals surface area (Å²) in [5, 5.41) is 35.4. The lowest BCUT2D eigenvalue weighted by Gasteiger charge is -2.11. The maximum atomic E-state index is 9.11. The van der Waals surface area contributed by atoms with Gasteiger partial charge in [0.1, 0.15) is 12.2 Å². The molecule has 0 aromatic heterocycles. The van der Waals surface area contributed by atoms with E-state index in [1.165, 1.54) is 0 Å². The lowest BCUT2D eigenvalue weighted by Crippen LogP contribution is -2.32. The SMILES string of the molecule is OCC[C@@H]1OC(O)[C@H](O)[C@H]1O. The summed E-state index contributed by atoms with van der Waals surface area (Å²) in [6.07, 6.45) is -4.13. The fourth-order valence-electron chi connectivity index (χ4n) is 1.09. The lowest BCUT2D eigenvalue weighted by atomic mass is 10.1. The van der Waals surface area contributed by atoms with Crippen LogP contribution < -0.4 is 0 Å². The van der Waals surface area contributed by atoms with Gasteiger partial charge in [0.15, 0.2) is 6.29 Å². The molecule has 1 unspecified atom stereocenters. The Morgan fingerprint density at radius 2 is 1.73 bits per heavy atom. The quantitative estimate of drug-likeness (QED) is 0.372. The molecule has 0 bridgehead atoms. The van der Waals surface area contributed by atoms with Crippen molar-refractivity contribution in [2.24, 2.45) is 0 Å². The molecule has 1 aliphatic rings. The van der Waals surface area contributed by atoms with Gasteiger partial charge >= 0.3 is 0 Å². The van der Waals surface area contributed by atoms with E-state index in [9.17, 15) is 0 Å². The Morgan fingerprint density at radius 1 is 1.09 bits per heavy atom. The molecule has 0 aliphatic carbocycles. The third kappa shape index (κ3) is 1.69. The van der Waals surface area contributed by atoms with E-state index in [1.807, 2.05) is 0 Å². The average Bonchev–Trinajstić information content (AvgIpc) is 2.19. The molecule has 0 aromatic carbocycles. The highest BCUT2D eigenvalue weighted by Crippen LogP contribution is 2.21. The first-order valence-electron chi connectivity index (χ1n) is 3.47. The summed E-state index contributed by atoms with van der Waals surface area (Å²) < 4.78 is 4.72. The van der Waals surface area contributed by atoms with Crippen LogP contribution in [0.2, 0.25) is 0 Å². The standard InChI is InChI=1S/C6H12O5/c7-2-1-3-4(8)5(9)6(10)11-3/h3-10H,1-2H2/t3-,4-,5+,6?/m0/s1. The van der Waals surface area contributed by atoms with Crippen LogP contribution in [0.5, 0.6) is 0 Å².